The van der Waals surface area contributed by atoms with E-state index in [0.717, 1.165) is 58.9 Å². The summed E-state index contributed by atoms with van der Waals surface area (Å²) in [5, 5.41) is 12.6. The summed E-state index contributed by atoms with van der Waals surface area (Å²) in [5.74, 6) is -0.0700. The number of fused-ring (bicyclic) bond motifs is 2. The lowest BCUT2D eigenvalue weighted by molar-refractivity contribution is 0.0937. The summed E-state index contributed by atoms with van der Waals surface area (Å²) in [6, 6.07) is 17.6. The highest BCUT2D eigenvalue weighted by molar-refractivity contribution is 5.99. The van der Waals surface area contributed by atoms with Gasteiger partial charge in [0, 0.05) is 48.3 Å². The fraction of sp³-hybridized carbons (Fsp3) is 0.192. The first-order chi connectivity index (χ1) is 16.7. The molecule has 4 N–H and O–H groups in total. The zero-order valence-electron chi connectivity index (χ0n) is 18.5. The van der Waals surface area contributed by atoms with Gasteiger partial charge in [-0.2, -0.15) is 0 Å². The maximum atomic E-state index is 12.5. The molecule has 1 unspecified atom stereocenters. The van der Waals surface area contributed by atoms with Crippen LogP contribution in [-0.4, -0.2) is 40.3 Å². The van der Waals surface area contributed by atoms with Crippen LogP contribution < -0.4 is 21.3 Å². The van der Waals surface area contributed by atoms with Crippen molar-refractivity contribution in [3.05, 3.63) is 83.7 Å². The number of hydrogen-bond donors (Lipinski definition) is 4. The zero-order valence-corrected chi connectivity index (χ0v) is 18.5. The number of nitrogens with one attached hydrogen (secondary N) is 4. The van der Waals surface area contributed by atoms with E-state index in [2.05, 4.69) is 32.3 Å². The van der Waals surface area contributed by atoms with Gasteiger partial charge in [0.05, 0.1) is 11.4 Å². The second kappa shape index (κ2) is 8.31. The number of rotatable bonds is 5. The van der Waals surface area contributed by atoms with Gasteiger partial charge >= 0.3 is 0 Å². The van der Waals surface area contributed by atoms with Crippen molar-refractivity contribution < 1.29 is 9.59 Å². The summed E-state index contributed by atoms with van der Waals surface area (Å²) < 4.78 is 2.03. The third-order valence-corrected chi connectivity index (χ3v) is 6.46. The Hall–Kier alpha value is -4.17. The van der Waals surface area contributed by atoms with Crippen molar-refractivity contribution in [1.82, 2.24) is 25.3 Å². The molecular formula is C26H24N6O2. The molecule has 1 atom stereocenters. The number of carbonyl (C=O) groups is 2. The van der Waals surface area contributed by atoms with Crippen molar-refractivity contribution in [2.45, 2.75) is 19.0 Å². The molecule has 4 heterocycles. The van der Waals surface area contributed by atoms with Crippen LogP contribution in [0.15, 0.2) is 67.0 Å². The van der Waals surface area contributed by atoms with Gasteiger partial charge in [-0.1, -0.05) is 6.07 Å². The van der Waals surface area contributed by atoms with Crippen molar-refractivity contribution in [1.29, 1.82) is 0 Å². The van der Waals surface area contributed by atoms with Gasteiger partial charge in [0.25, 0.3) is 11.8 Å². The van der Waals surface area contributed by atoms with Gasteiger partial charge in [-0.25, -0.2) is 4.98 Å². The molecule has 0 aliphatic carbocycles. The summed E-state index contributed by atoms with van der Waals surface area (Å²) in [7, 11) is 0. The van der Waals surface area contributed by atoms with Crippen LogP contribution in [0, 0.1) is 0 Å². The van der Waals surface area contributed by atoms with E-state index in [1.54, 1.807) is 6.20 Å². The normalized spacial score (nSPS) is 16.9. The van der Waals surface area contributed by atoms with Crippen molar-refractivity contribution in [3.8, 4) is 11.3 Å². The highest BCUT2D eigenvalue weighted by Gasteiger charge is 2.20. The fourth-order valence-corrected chi connectivity index (χ4v) is 4.65. The molecule has 8 heteroatoms. The molecular weight excluding hydrogens is 428 g/mol. The number of hydrogen-bond acceptors (Lipinski definition) is 5. The van der Waals surface area contributed by atoms with Gasteiger partial charge in [0.15, 0.2) is 5.65 Å². The van der Waals surface area contributed by atoms with Gasteiger partial charge < -0.3 is 21.3 Å². The van der Waals surface area contributed by atoms with Crippen molar-refractivity contribution >= 4 is 28.8 Å². The largest absolute Gasteiger partial charge is 0.352 e. The van der Waals surface area contributed by atoms with Gasteiger partial charge in [0.2, 0.25) is 0 Å². The van der Waals surface area contributed by atoms with Gasteiger partial charge in [-0.3, -0.25) is 14.0 Å². The Bertz CT molecular complexity index is 1400. The first-order valence-corrected chi connectivity index (χ1v) is 11.4. The Morgan fingerprint density at radius 2 is 1.97 bits per heavy atom. The highest BCUT2D eigenvalue weighted by Crippen LogP contribution is 2.29. The first-order valence-electron chi connectivity index (χ1n) is 11.4. The van der Waals surface area contributed by atoms with Crippen LogP contribution in [0.3, 0.4) is 0 Å². The number of aromatic nitrogens is 2. The van der Waals surface area contributed by atoms with E-state index in [9.17, 15) is 9.59 Å². The Balaban J connectivity index is 1.24. The monoisotopic (exact) mass is 452 g/mol. The minimum atomic E-state index is -0.0495. The Morgan fingerprint density at radius 1 is 1.09 bits per heavy atom. The van der Waals surface area contributed by atoms with E-state index < -0.39 is 0 Å². The molecule has 2 amide bonds. The molecule has 0 saturated carbocycles. The summed E-state index contributed by atoms with van der Waals surface area (Å²) in [4.78, 5) is 28.9. The van der Waals surface area contributed by atoms with E-state index >= 15 is 0 Å². The van der Waals surface area contributed by atoms with E-state index in [0.29, 0.717) is 12.1 Å². The molecule has 170 valence electrons. The molecule has 0 bridgehead atoms. The number of nitrogens with zero attached hydrogens (tertiary/aromatic N) is 2. The van der Waals surface area contributed by atoms with E-state index in [4.69, 9.17) is 0 Å². The number of anilines is 2. The highest BCUT2D eigenvalue weighted by atomic mass is 16.2. The average molecular weight is 453 g/mol. The molecule has 34 heavy (non-hydrogen) atoms. The summed E-state index contributed by atoms with van der Waals surface area (Å²) in [6.45, 7) is 2.32. The van der Waals surface area contributed by atoms with Crippen molar-refractivity contribution in [2.24, 2.45) is 0 Å². The third kappa shape index (κ3) is 3.68. The first kappa shape index (κ1) is 20.4. The van der Waals surface area contributed by atoms with Crippen LogP contribution in [0.5, 0.6) is 0 Å². The van der Waals surface area contributed by atoms with Crippen LogP contribution in [0.2, 0.25) is 0 Å². The predicted octanol–water partition coefficient (Wildman–Crippen LogP) is 3.08. The summed E-state index contributed by atoms with van der Waals surface area (Å²) in [6.07, 6.45) is 4.66. The Kier molecular flexibility index (Phi) is 5.00. The smallest absolute Gasteiger partial charge is 0.251 e. The van der Waals surface area contributed by atoms with Crippen LogP contribution in [-0.2, 0) is 6.54 Å². The Morgan fingerprint density at radius 3 is 2.79 bits per heavy atom. The van der Waals surface area contributed by atoms with Gasteiger partial charge in [-0.15, -0.1) is 0 Å². The quantitative estimate of drug-likeness (QED) is 0.373. The Labute approximate surface area is 196 Å². The number of imidazole rings is 1. The van der Waals surface area contributed by atoms with E-state index in [1.165, 1.54) is 0 Å². The molecule has 8 nitrogen and oxygen atoms in total. The molecule has 2 aromatic heterocycles. The van der Waals surface area contributed by atoms with E-state index in [-0.39, 0.29) is 17.9 Å². The maximum Gasteiger partial charge on any atom is 0.251 e. The van der Waals surface area contributed by atoms with Crippen molar-refractivity contribution in [2.75, 3.05) is 18.4 Å². The molecule has 2 aliphatic rings. The van der Waals surface area contributed by atoms with Gasteiger partial charge in [-0.05, 0) is 72.6 Å². The molecule has 2 aliphatic heterocycles. The van der Waals surface area contributed by atoms with Gasteiger partial charge in [0.1, 0.15) is 0 Å². The van der Waals surface area contributed by atoms with Crippen LogP contribution in [0.4, 0.5) is 11.4 Å². The summed E-state index contributed by atoms with van der Waals surface area (Å²) in [5.41, 5.74) is 6.93. The molecule has 6 rings (SSSR count). The van der Waals surface area contributed by atoms with Crippen molar-refractivity contribution in [3.63, 3.8) is 0 Å². The van der Waals surface area contributed by atoms with Crippen LogP contribution in [0.1, 0.15) is 32.7 Å². The minimum absolute atomic E-state index is 0.0204. The number of amides is 2. The zero-order chi connectivity index (χ0) is 23.1. The molecule has 0 radical (unpaired) electrons. The van der Waals surface area contributed by atoms with Crippen LogP contribution >= 0.6 is 0 Å². The second-order valence-electron chi connectivity index (χ2n) is 8.67. The number of pyridine rings is 1. The molecule has 1 fully saturated rings. The molecule has 1 saturated heterocycles. The number of benzene rings is 2. The molecule has 0 spiro atoms. The molecule has 4 aromatic rings. The lowest BCUT2D eigenvalue weighted by Crippen LogP contribution is -2.36. The topological polar surface area (TPSA) is 99.6 Å². The summed E-state index contributed by atoms with van der Waals surface area (Å²) >= 11 is 0. The van der Waals surface area contributed by atoms with Crippen LogP contribution in [0.25, 0.3) is 16.9 Å². The second-order valence-corrected chi connectivity index (χ2v) is 8.67. The molecule has 2 aromatic carbocycles. The fourth-order valence-electron chi connectivity index (χ4n) is 4.65. The average Bonchev–Trinajstić information content (AvgIpc) is 3.62. The third-order valence-electron chi connectivity index (χ3n) is 6.46. The lowest BCUT2D eigenvalue weighted by Gasteiger charge is -2.13. The predicted molar refractivity (Wildman–Crippen MR) is 130 cm³/mol. The lowest BCUT2D eigenvalue weighted by atomic mass is 10.0. The number of carbonyl (C=O) groups excluding carboxylic acids is 2. The van der Waals surface area contributed by atoms with E-state index in [1.807, 2.05) is 59.1 Å². The minimum Gasteiger partial charge on any atom is -0.352 e. The standard InChI is InChI=1S/C26H24N6O2/c33-25(31-20-9-10-27-15-20)16-1-4-19(5-2-16)30-22-7-8-23(32-12-11-28-24(22)32)17-3-6-21-18(13-17)14-29-26(21)34/h1-8,11-13,20,27,30H,9-10,14-15H2,(H,29,34)(H,31,33). The maximum absolute atomic E-state index is 12.5. The SMILES string of the molecule is O=C(NC1CCNC1)c1ccc(Nc2ccc(-c3ccc4c(c3)CNC4=O)n3ccnc23)cc1.